The van der Waals surface area contributed by atoms with E-state index in [9.17, 15) is 19.4 Å². The van der Waals surface area contributed by atoms with Gasteiger partial charge in [0.15, 0.2) is 11.6 Å². The first kappa shape index (κ1) is 20.1. The standard InChI is InChI=1S/C19H22FNO4S/c1-12(9-10-22)18(13-3-8-17(23)16(20)11-13)25-19(24)21-14-4-6-15(26-2)7-5-14/h3-8,11-12,18,22-23H,9-10H2,1-2H3,(H,21,24)/t12-,18+/m0/s1. The van der Waals surface area contributed by atoms with Crippen LogP contribution in [0.15, 0.2) is 47.4 Å². The number of ether oxygens (including phenoxy) is 1. The lowest BCUT2D eigenvalue weighted by Gasteiger charge is -2.24. The van der Waals surface area contributed by atoms with Gasteiger partial charge in [0.2, 0.25) is 0 Å². The number of hydrogen-bond donors (Lipinski definition) is 3. The molecule has 2 aromatic rings. The number of carbonyl (C=O) groups excluding carboxylic acids is 1. The molecule has 26 heavy (non-hydrogen) atoms. The normalized spacial score (nSPS) is 13.1. The summed E-state index contributed by atoms with van der Waals surface area (Å²) in [5.41, 5.74) is 0.993. The summed E-state index contributed by atoms with van der Waals surface area (Å²) in [4.78, 5) is 13.3. The van der Waals surface area contributed by atoms with Gasteiger partial charge >= 0.3 is 6.09 Å². The Hall–Kier alpha value is -2.25. The Morgan fingerprint density at radius 1 is 1.27 bits per heavy atom. The molecule has 2 aromatic carbocycles. The highest BCUT2D eigenvalue weighted by Gasteiger charge is 2.24. The van der Waals surface area contributed by atoms with Crippen molar-refractivity contribution < 1.29 is 24.1 Å². The maximum absolute atomic E-state index is 13.7. The second-order valence-corrected chi connectivity index (χ2v) is 6.76. The van der Waals surface area contributed by atoms with Crippen LogP contribution < -0.4 is 5.32 Å². The smallest absolute Gasteiger partial charge is 0.412 e. The minimum atomic E-state index is -0.791. The van der Waals surface area contributed by atoms with E-state index in [-0.39, 0.29) is 12.5 Å². The number of halogens is 1. The van der Waals surface area contributed by atoms with Gasteiger partial charge in [-0.2, -0.15) is 0 Å². The number of carbonyl (C=O) groups is 1. The first-order valence-corrected chi connectivity index (χ1v) is 9.38. The van der Waals surface area contributed by atoms with Crippen LogP contribution in [-0.2, 0) is 4.74 Å². The molecule has 3 N–H and O–H groups in total. The Morgan fingerprint density at radius 3 is 2.54 bits per heavy atom. The largest absolute Gasteiger partial charge is 0.505 e. The maximum atomic E-state index is 13.7. The van der Waals surface area contributed by atoms with E-state index in [0.717, 1.165) is 11.0 Å². The number of aliphatic hydroxyl groups excluding tert-OH is 1. The number of aromatic hydroxyl groups is 1. The molecule has 0 bridgehead atoms. The van der Waals surface area contributed by atoms with E-state index >= 15 is 0 Å². The zero-order valence-corrected chi connectivity index (χ0v) is 15.4. The number of rotatable bonds is 7. The number of phenols is 1. The zero-order chi connectivity index (χ0) is 19.1. The van der Waals surface area contributed by atoms with Crippen LogP contribution in [0.5, 0.6) is 5.75 Å². The van der Waals surface area contributed by atoms with Crippen molar-refractivity contribution in [3.63, 3.8) is 0 Å². The first-order valence-electron chi connectivity index (χ1n) is 8.15. The number of hydrogen-bond acceptors (Lipinski definition) is 5. The molecule has 0 aromatic heterocycles. The molecule has 7 heteroatoms. The third-order valence-corrected chi connectivity index (χ3v) is 4.72. The van der Waals surface area contributed by atoms with E-state index in [0.29, 0.717) is 17.7 Å². The van der Waals surface area contributed by atoms with Gasteiger partial charge in [0.25, 0.3) is 0 Å². The SMILES string of the molecule is CSc1ccc(NC(=O)O[C@@H](c2ccc(O)c(F)c2)[C@@H](C)CCO)cc1. The van der Waals surface area contributed by atoms with Crippen molar-refractivity contribution in [3.8, 4) is 5.75 Å². The molecule has 0 saturated heterocycles. The predicted octanol–water partition coefficient (Wildman–Crippen LogP) is 4.56. The topological polar surface area (TPSA) is 78.8 Å². The van der Waals surface area contributed by atoms with Crippen LogP contribution >= 0.6 is 11.8 Å². The van der Waals surface area contributed by atoms with Crippen molar-refractivity contribution in [2.45, 2.75) is 24.3 Å². The van der Waals surface area contributed by atoms with Gasteiger partial charge in [0.1, 0.15) is 6.10 Å². The molecule has 140 valence electrons. The third kappa shape index (κ3) is 5.37. The highest BCUT2D eigenvalue weighted by atomic mass is 32.2. The lowest BCUT2D eigenvalue weighted by Crippen LogP contribution is -2.22. The molecular formula is C19H22FNO4S. The number of phenolic OH excluding ortho intramolecular Hbond substituents is 1. The summed E-state index contributed by atoms with van der Waals surface area (Å²) in [5, 5.41) is 21.2. The molecule has 5 nitrogen and oxygen atoms in total. The summed E-state index contributed by atoms with van der Waals surface area (Å²) in [6.07, 6.45) is 0.900. The van der Waals surface area contributed by atoms with Gasteiger partial charge in [-0.1, -0.05) is 13.0 Å². The molecule has 0 saturated carbocycles. The van der Waals surface area contributed by atoms with E-state index in [1.807, 2.05) is 18.4 Å². The average molecular weight is 379 g/mol. The Labute approximate surface area is 156 Å². The molecule has 0 aliphatic carbocycles. The minimum Gasteiger partial charge on any atom is -0.505 e. The second kappa shape index (κ2) is 9.45. The van der Waals surface area contributed by atoms with Gasteiger partial charge in [-0.05, 0) is 60.6 Å². The molecule has 0 unspecified atom stereocenters. The van der Waals surface area contributed by atoms with Gasteiger partial charge in [-0.3, -0.25) is 5.32 Å². The van der Waals surface area contributed by atoms with Gasteiger partial charge < -0.3 is 14.9 Å². The number of aliphatic hydroxyl groups is 1. The fraction of sp³-hybridized carbons (Fsp3) is 0.316. The van der Waals surface area contributed by atoms with Crippen molar-refractivity contribution in [2.75, 3.05) is 18.2 Å². The maximum Gasteiger partial charge on any atom is 0.412 e. The lowest BCUT2D eigenvalue weighted by atomic mass is 9.94. The van der Waals surface area contributed by atoms with E-state index in [1.165, 1.54) is 12.1 Å². The molecule has 0 aliphatic heterocycles. The van der Waals surface area contributed by atoms with Crippen molar-refractivity contribution >= 4 is 23.5 Å². The molecule has 0 spiro atoms. The van der Waals surface area contributed by atoms with Crippen LogP contribution in [0, 0.1) is 11.7 Å². The average Bonchev–Trinajstić information content (AvgIpc) is 2.63. The summed E-state index contributed by atoms with van der Waals surface area (Å²) in [7, 11) is 0. The summed E-state index contributed by atoms with van der Waals surface area (Å²) >= 11 is 1.59. The van der Waals surface area contributed by atoms with E-state index in [2.05, 4.69) is 5.32 Å². The number of amides is 1. The Morgan fingerprint density at radius 2 is 1.96 bits per heavy atom. The van der Waals surface area contributed by atoms with Gasteiger partial charge in [0.05, 0.1) is 0 Å². The quantitative estimate of drug-likeness (QED) is 0.615. The first-order chi connectivity index (χ1) is 12.4. The second-order valence-electron chi connectivity index (χ2n) is 5.88. The van der Waals surface area contributed by atoms with E-state index in [4.69, 9.17) is 4.74 Å². The van der Waals surface area contributed by atoms with Crippen LogP contribution in [0.3, 0.4) is 0 Å². The Balaban J connectivity index is 2.14. The molecule has 0 aliphatic rings. The summed E-state index contributed by atoms with van der Waals surface area (Å²) in [5.74, 6) is -1.51. The minimum absolute atomic E-state index is 0.0840. The molecule has 2 rings (SSSR count). The number of anilines is 1. The molecule has 2 atom stereocenters. The number of benzene rings is 2. The van der Waals surface area contributed by atoms with E-state index < -0.39 is 23.8 Å². The van der Waals surface area contributed by atoms with Crippen LogP contribution in [0.2, 0.25) is 0 Å². The predicted molar refractivity (Wildman–Crippen MR) is 100.0 cm³/mol. The molecule has 0 radical (unpaired) electrons. The Kier molecular flexibility index (Phi) is 7.29. The molecule has 0 fully saturated rings. The van der Waals surface area contributed by atoms with E-state index in [1.54, 1.807) is 30.8 Å². The van der Waals surface area contributed by atoms with Gasteiger partial charge in [0, 0.05) is 17.2 Å². The molecular weight excluding hydrogens is 357 g/mol. The fourth-order valence-electron chi connectivity index (χ4n) is 2.50. The summed E-state index contributed by atoms with van der Waals surface area (Å²) in [6, 6.07) is 11.1. The Bertz CT molecular complexity index is 739. The van der Waals surface area contributed by atoms with Gasteiger partial charge in [-0.25, -0.2) is 9.18 Å². The lowest BCUT2D eigenvalue weighted by molar-refractivity contribution is 0.0665. The molecule has 0 heterocycles. The summed E-state index contributed by atoms with van der Waals surface area (Å²) in [6.45, 7) is 1.71. The van der Waals surface area contributed by atoms with Crippen molar-refractivity contribution in [1.29, 1.82) is 0 Å². The van der Waals surface area contributed by atoms with Gasteiger partial charge in [-0.15, -0.1) is 11.8 Å². The van der Waals surface area contributed by atoms with Crippen molar-refractivity contribution in [2.24, 2.45) is 5.92 Å². The number of thioether (sulfide) groups is 1. The fourth-order valence-corrected chi connectivity index (χ4v) is 2.91. The highest BCUT2D eigenvalue weighted by molar-refractivity contribution is 7.98. The van der Waals surface area contributed by atoms with Crippen molar-refractivity contribution in [3.05, 3.63) is 53.8 Å². The highest BCUT2D eigenvalue weighted by Crippen LogP contribution is 2.31. The van der Waals surface area contributed by atoms with Crippen LogP contribution in [-0.4, -0.2) is 29.2 Å². The van der Waals surface area contributed by atoms with Crippen molar-refractivity contribution in [1.82, 2.24) is 0 Å². The number of nitrogens with one attached hydrogen (secondary N) is 1. The van der Waals surface area contributed by atoms with Crippen LogP contribution in [0.25, 0.3) is 0 Å². The molecule has 1 amide bonds. The van der Waals surface area contributed by atoms with Crippen LogP contribution in [0.4, 0.5) is 14.9 Å². The zero-order valence-electron chi connectivity index (χ0n) is 14.6. The van der Waals surface area contributed by atoms with Crippen LogP contribution in [0.1, 0.15) is 25.0 Å². The monoisotopic (exact) mass is 379 g/mol. The summed E-state index contributed by atoms with van der Waals surface area (Å²) < 4.78 is 19.2. The third-order valence-electron chi connectivity index (χ3n) is 3.97.